The number of ether oxygens (including phenoxy) is 1. The van der Waals surface area contributed by atoms with E-state index in [1.165, 1.54) is 0 Å². The topological polar surface area (TPSA) is 59.4 Å². The number of rotatable bonds is 4. The molecule has 0 aliphatic carbocycles. The summed E-state index contributed by atoms with van der Waals surface area (Å²) in [6.07, 6.45) is 5.61. The third-order valence-corrected chi connectivity index (χ3v) is 5.24. The molecule has 2 atom stereocenters. The van der Waals surface area contributed by atoms with Crippen molar-refractivity contribution >= 4 is 5.91 Å². The van der Waals surface area contributed by atoms with E-state index < -0.39 is 0 Å². The summed E-state index contributed by atoms with van der Waals surface area (Å²) < 4.78 is 7.14. The summed E-state index contributed by atoms with van der Waals surface area (Å²) >= 11 is 0. The maximum Gasteiger partial charge on any atom is 0.254 e. The van der Waals surface area contributed by atoms with Gasteiger partial charge in [0.25, 0.3) is 5.91 Å². The van der Waals surface area contributed by atoms with Gasteiger partial charge in [0.1, 0.15) is 0 Å². The van der Waals surface area contributed by atoms with E-state index in [1.54, 1.807) is 17.1 Å². The molecule has 0 radical (unpaired) electrons. The van der Waals surface area contributed by atoms with Gasteiger partial charge in [-0.15, -0.1) is 0 Å². The number of carbonyl (C=O) groups is 1. The van der Waals surface area contributed by atoms with Gasteiger partial charge in [-0.2, -0.15) is 5.10 Å². The van der Waals surface area contributed by atoms with Crippen molar-refractivity contribution in [3.63, 3.8) is 0 Å². The number of aromatic nitrogens is 2. The van der Waals surface area contributed by atoms with E-state index >= 15 is 0 Å². The van der Waals surface area contributed by atoms with Crippen molar-refractivity contribution in [2.75, 3.05) is 26.3 Å². The first kappa shape index (κ1) is 16.5. The largest absolute Gasteiger partial charge is 0.381 e. The number of carbonyl (C=O) groups excluding carboxylic acids is 1. The molecule has 0 spiro atoms. The molecule has 6 heteroatoms. The van der Waals surface area contributed by atoms with Crippen LogP contribution in [0.5, 0.6) is 0 Å². The second-order valence-corrected chi connectivity index (χ2v) is 7.19. The third kappa shape index (κ3) is 3.75. The number of hydrogen-bond donors (Lipinski definition) is 1. The van der Waals surface area contributed by atoms with Crippen LogP contribution in [0.1, 0.15) is 37.0 Å². The minimum absolute atomic E-state index is 0.0115. The van der Waals surface area contributed by atoms with E-state index in [-0.39, 0.29) is 11.9 Å². The molecular weight excluding hydrogens is 292 g/mol. The summed E-state index contributed by atoms with van der Waals surface area (Å²) in [4.78, 5) is 15.0. The standard InChI is InChI=1S/C17H28N4O2/c1-12(2)15-10-21(14-4-6-23-7-5-14)11-16(15)19-17(22)13-8-18-20(3)9-13/h8-9,12,14-16H,4-7,10-11H2,1-3H3,(H,19,22)/t15-,16+/m0/s1. The summed E-state index contributed by atoms with van der Waals surface area (Å²) in [7, 11) is 1.83. The van der Waals surface area contributed by atoms with Gasteiger partial charge in [0.2, 0.25) is 0 Å². The van der Waals surface area contributed by atoms with Crippen LogP contribution in [0.2, 0.25) is 0 Å². The highest BCUT2D eigenvalue weighted by Crippen LogP contribution is 2.28. The number of nitrogens with zero attached hydrogens (tertiary/aromatic N) is 3. The Kier molecular flexibility index (Phi) is 5.02. The third-order valence-electron chi connectivity index (χ3n) is 5.24. The maximum absolute atomic E-state index is 12.5. The molecule has 3 rings (SSSR count). The Morgan fingerprint density at radius 1 is 1.35 bits per heavy atom. The summed E-state index contributed by atoms with van der Waals surface area (Å²) in [5.74, 6) is 1.04. The second-order valence-electron chi connectivity index (χ2n) is 7.19. The molecule has 0 bridgehead atoms. The lowest BCUT2D eigenvalue weighted by Crippen LogP contribution is -2.43. The van der Waals surface area contributed by atoms with Crippen molar-refractivity contribution < 1.29 is 9.53 Å². The molecule has 2 fully saturated rings. The molecule has 2 aliphatic rings. The van der Waals surface area contributed by atoms with Gasteiger partial charge in [-0.1, -0.05) is 13.8 Å². The number of amides is 1. The highest BCUT2D eigenvalue weighted by molar-refractivity contribution is 5.93. The van der Waals surface area contributed by atoms with Crippen molar-refractivity contribution in [3.8, 4) is 0 Å². The Morgan fingerprint density at radius 2 is 2.09 bits per heavy atom. The van der Waals surface area contributed by atoms with Gasteiger partial charge >= 0.3 is 0 Å². The van der Waals surface area contributed by atoms with Crippen molar-refractivity contribution in [2.45, 2.75) is 38.8 Å². The highest BCUT2D eigenvalue weighted by Gasteiger charge is 2.38. The average Bonchev–Trinajstić information content (AvgIpc) is 3.15. The monoisotopic (exact) mass is 320 g/mol. The van der Waals surface area contributed by atoms with E-state index in [0.717, 1.165) is 39.1 Å². The van der Waals surface area contributed by atoms with Crippen LogP contribution in [-0.4, -0.2) is 59.0 Å². The van der Waals surface area contributed by atoms with Crippen LogP contribution in [0.15, 0.2) is 12.4 Å². The predicted octanol–water partition coefficient (Wildman–Crippen LogP) is 1.29. The lowest BCUT2D eigenvalue weighted by Gasteiger charge is -2.31. The van der Waals surface area contributed by atoms with Crippen LogP contribution in [0, 0.1) is 11.8 Å². The van der Waals surface area contributed by atoms with E-state index in [9.17, 15) is 4.79 Å². The molecule has 1 aromatic rings. The fourth-order valence-corrected chi connectivity index (χ4v) is 3.83. The predicted molar refractivity (Wildman–Crippen MR) is 88.2 cm³/mol. The zero-order valence-corrected chi connectivity index (χ0v) is 14.4. The lowest BCUT2D eigenvalue weighted by molar-refractivity contribution is 0.0401. The molecule has 2 saturated heterocycles. The summed E-state index contributed by atoms with van der Waals surface area (Å²) in [5, 5.41) is 7.33. The fourth-order valence-electron chi connectivity index (χ4n) is 3.83. The maximum atomic E-state index is 12.5. The Bertz CT molecular complexity index is 536. The molecule has 0 aromatic carbocycles. The van der Waals surface area contributed by atoms with E-state index in [0.29, 0.717) is 23.4 Å². The molecule has 1 N–H and O–H groups in total. The van der Waals surface area contributed by atoms with Crippen LogP contribution in [0.25, 0.3) is 0 Å². The second kappa shape index (κ2) is 7.01. The molecule has 128 valence electrons. The van der Waals surface area contributed by atoms with Gasteiger partial charge in [-0.25, -0.2) is 0 Å². The Hall–Kier alpha value is -1.40. The van der Waals surface area contributed by atoms with Crippen LogP contribution in [-0.2, 0) is 11.8 Å². The minimum atomic E-state index is -0.0115. The molecule has 1 amide bonds. The molecule has 0 saturated carbocycles. The van der Waals surface area contributed by atoms with Crippen LogP contribution in [0.4, 0.5) is 0 Å². The Balaban J connectivity index is 1.65. The normalized spacial score (nSPS) is 26.8. The number of likely N-dealkylation sites (tertiary alicyclic amines) is 1. The van der Waals surface area contributed by atoms with Gasteiger partial charge in [-0.05, 0) is 24.7 Å². The molecule has 2 aliphatic heterocycles. The van der Waals surface area contributed by atoms with Crippen molar-refractivity contribution in [3.05, 3.63) is 18.0 Å². The van der Waals surface area contributed by atoms with E-state index in [2.05, 4.69) is 29.2 Å². The van der Waals surface area contributed by atoms with Gasteiger partial charge < -0.3 is 10.1 Å². The van der Waals surface area contributed by atoms with E-state index in [1.807, 2.05) is 7.05 Å². The average molecular weight is 320 g/mol. The van der Waals surface area contributed by atoms with Crippen molar-refractivity contribution in [1.29, 1.82) is 0 Å². The van der Waals surface area contributed by atoms with Gasteiger partial charge in [0.05, 0.1) is 11.8 Å². The van der Waals surface area contributed by atoms with Crippen LogP contribution in [0.3, 0.4) is 0 Å². The SMILES string of the molecule is CC(C)[C@@H]1CN(C2CCOCC2)C[C@H]1NC(=O)c1cnn(C)c1. The summed E-state index contributed by atoms with van der Waals surface area (Å²) in [6, 6.07) is 0.816. The smallest absolute Gasteiger partial charge is 0.254 e. The van der Waals surface area contributed by atoms with E-state index in [4.69, 9.17) is 4.74 Å². The fraction of sp³-hybridized carbons (Fsp3) is 0.765. The number of hydrogen-bond acceptors (Lipinski definition) is 4. The molecule has 0 unspecified atom stereocenters. The van der Waals surface area contributed by atoms with Crippen molar-refractivity contribution in [2.24, 2.45) is 18.9 Å². The van der Waals surface area contributed by atoms with Crippen molar-refractivity contribution in [1.82, 2.24) is 20.0 Å². The lowest BCUT2D eigenvalue weighted by atomic mass is 9.91. The van der Waals surface area contributed by atoms with Crippen LogP contribution < -0.4 is 5.32 Å². The zero-order valence-electron chi connectivity index (χ0n) is 14.4. The summed E-state index contributed by atoms with van der Waals surface area (Å²) in [6.45, 7) is 8.24. The highest BCUT2D eigenvalue weighted by atomic mass is 16.5. The zero-order chi connectivity index (χ0) is 16.4. The minimum Gasteiger partial charge on any atom is -0.381 e. The van der Waals surface area contributed by atoms with Gasteiger partial charge in [0, 0.05) is 51.6 Å². The number of nitrogens with one attached hydrogen (secondary N) is 1. The first-order valence-electron chi connectivity index (χ1n) is 8.66. The first-order valence-corrected chi connectivity index (χ1v) is 8.66. The molecule has 3 heterocycles. The Morgan fingerprint density at radius 3 is 2.70 bits per heavy atom. The van der Waals surface area contributed by atoms with Gasteiger partial charge in [0.15, 0.2) is 0 Å². The quantitative estimate of drug-likeness (QED) is 0.908. The van der Waals surface area contributed by atoms with Gasteiger partial charge in [-0.3, -0.25) is 14.4 Å². The molecule has 6 nitrogen and oxygen atoms in total. The molecule has 1 aromatic heterocycles. The summed E-state index contributed by atoms with van der Waals surface area (Å²) in [5.41, 5.74) is 0.638. The first-order chi connectivity index (χ1) is 11.0. The molecule has 23 heavy (non-hydrogen) atoms. The van der Waals surface area contributed by atoms with Crippen LogP contribution >= 0.6 is 0 Å². The number of aryl methyl sites for hydroxylation is 1. The molecular formula is C17H28N4O2. The Labute approximate surface area is 138 Å².